The predicted molar refractivity (Wildman–Crippen MR) is 115 cm³/mol. The molecular weight excluding hydrogens is 394 g/mol. The van der Waals surface area contributed by atoms with Crippen LogP contribution in [-0.2, 0) is 9.59 Å². The van der Waals surface area contributed by atoms with Crippen molar-refractivity contribution in [3.05, 3.63) is 59.1 Å². The molecule has 2 aromatic rings. The summed E-state index contributed by atoms with van der Waals surface area (Å²) in [5.74, 6) is 0.495. The Morgan fingerprint density at radius 1 is 1.04 bits per heavy atom. The van der Waals surface area contributed by atoms with Crippen LogP contribution >= 0.6 is 23.4 Å². The van der Waals surface area contributed by atoms with E-state index < -0.39 is 0 Å². The van der Waals surface area contributed by atoms with E-state index in [-0.39, 0.29) is 11.8 Å². The third kappa shape index (κ3) is 5.74. The molecule has 1 saturated heterocycles. The molecule has 0 atom stereocenters. The van der Waals surface area contributed by atoms with Crippen LogP contribution in [0.4, 0.5) is 5.69 Å². The zero-order valence-corrected chi connectivity index (χ0v) is 17.4. The SMILES string of the molecule is Cc1ccccc1SCC(=O)N1CCN(CC(=O)Nc2ccccc2Cl)CC1. The Balaban J connectivity index is 1.41. The van der Waals surface area contributed by atoms with E-state index in [9.17, 15) is 9.59 Å². The number of aryl methyl sites for hydroxylation is 1. The van der Waals surface area contributed by atoms with Crippen LogP contribution in [0, 0.1) is 6.92 Å². The van der Waals surface area contributed by atoms with Crippen LogP contribution in [0.5, 0.6) is 0 Å². The van der Waals surface area contributed by atoms with Gasteiger partial charge in [-0.3, -0.25) is 14.5 Å². The molecule has 0 aromatic heterocycles. The summed E-state index contributed by atoms with van der Waals surface area (Å²) >= 11 is 7.66. The number of nitrogens with one attached hydrogen (secondary N) is 1. The van der Waals surface area contributed by atoms with Gasteiger partial charge in [-0.1, -0.05) is 41.9 Å². The fourth-order valence-corrected chi connectivity index (χ4v) is 4.17. The van der Waals surface area contributed by atoms with Gasteiger partial charge < -0.3 is 10.2 Å². The Labute approximate surface area is 175 Å². The maximum absolute atomic E-state index is 12.5. The Morgan fingerprint density at radius 2 is 1.71 bits per heavy atom. The molecule has 0 aliphatic carbocycles. The molecule has 7 heteroatoms. The predicted octanol–water partition coefficient (Wildman–Crippen LogP) is 3.52. The summed E-state index contributed by atoms with van der Waals surface area (Å²) in [7, 11) is 0. The van der Waals surface area contributed by atoms with Gasteiger partial charge in [-0.05, 0) is 30.7 Å². The first-order valence-corrected chi connectivity index (χ1v) is 10.6. The summed E-state index contributed by atoms with van der Waals surface area (Å²) in [6.07, 6.45) is 0. The Bertz CT molecular complexity index is 838. The third-order valence-electron chi connectivity index (χ3n) is 4.68. The number of anilines is 1. The Hall–Kier alpha value is -2.02. The molecule has 0 radical (unpaired) electrons. The smallest absolute Gasteiger partial charge is 0.238 e. The standard InChI is InChI=1S/C21H24ClN3O2S/c1-16-6-2-5-9-19(16)28-15-21(27)25-12-10-24(11-13-25)14-20(26)23-18-8-4-3-7-17(18)22/h2-9H,10-15H2,1H3,(H,23,26). The van der Waals surface area contributed by atoms with E-state index >= 15 is 0 Å². The first-order chi connectivity index (χ1) is 13.5. The van der Waals surface area contributed by atoms with Crippen LogP contribution in [-0.4, -0.2) is 60.1 Å². The molecule has 1 fully saturated rings. The van der Waals surface area contributed by atoms with E-state index in [1.165, 1.54) is 5.56 Å². The van der Waals surface area contributed by atoms with Crippen LogP contribution in [0.2, 0.25) is 5.02 Å². The first kappa shape index (κ1) is 20.7. The van der Waals surface area contributed by atoms with Crippen molar-refractivity contribution in [2.75, 3.05) is 43.8 Å². The van der Waals surface area contributed by atoms with Gasteiger partial charge in [0.1, 0.15) is 0 Å². The summed E-state index contributed by atoms with van der Waals surface area (Å²) in [5, 5.41) is 3.36. The molecule has 3 rings (SSSR count). The van der Waals surface area contributed by atoms with Gasteiger partial charge in [-0.2, -0.15) is 0 Å². The molecule has 148 valence electrons. The summed E-state index contributed by atoms with van der Waals surface area (Å²) in [6, 6.07) is 15.3. The highest BCUT2D eigenvalue weighted by atomic mass is 35.5. The average Bonchev–Trinajstić information content (AvgIpc) is 2.69. The third-order valence-corrected chi connectivity index (χ3v) is 6.17. The molecule has 0 spiro atoms. The van der Waals surface area contributed by atoms with Crippen LogP contribution < -0.4 is 5.32 Å². The number of halogens is 1. The van der Waals surface area contributed by atoms with Crippen molar-refractivity contribution in [3.8, 4) is 0 Å². The topological polar surface area (TPSA) is 52.7 Å². The second-order valence-electron chi connectivity index (χ2n) is 6.74. The molecule has 0 unspecified atom stereocenters. The van der Waals surface area contributed by atoms with E-state index in [1.807, 2.05) is 35.2 Å². The molecule has 2 amide bonds. The lowest BCUT2D eigenvalue weighted by Gasteiger charge is -2.34. The van der Waals surface area contributed by atoms with Gasteiger partial charge in [0, 0.05) is 31.1 Å². The van der Waals surface area contributed by atoms with Crippen molar-refractivity contribution in [3.63, 3.8) is 0 Å². The highest BCUT2D eigenvalue weighted by Gasteiger charge is 2.22. The van der Waals surface area contributed by atoms with Gasteiger partial charge in [-0.25, -0.2) is 0 Å². The fraction of sp³-hybridized carbons (Fsp3) is 0.333. The average molecular weight is 418 g/mol. The molecule has 1 N–H and O–H groups in total. The summed E-state index contributed by atoms with van der Waals surface area (Å²) in [4.78, 5) is 29.8. The van der Waals surface area contributed by atoms with Gasteiger partial charge in [-0.15, -0.1) is 11.8 Å². The molecule has 0 bridgehead atoms. The van der Waals surface area contributed by atoms with E-state index in [0.29, 0.717) is 49.2 Å². The van der Waals surface area contributed by atoms with Crippen molar-refractivity contribution >= 4 is 40.9 Å². The number of thioether (sulfide) groups is 1. The van der Waals surface area contributed by atoms with Gasteiger partial charge in [0.25, 0.3) is 0 Å². The van der Waals surface area contributed by atoms with Crippen molar-refractivity contribution in [2.24, 2.45) is 0 Å². The number of carbonyl (C=O) groups excluding carboxylic acids is 2. The van der Waals surface area contributed by atoms with Gasteiger partial charge in [0.05, 0.1) is 23.0 Å². The highest BCUT2D eigenvalue weighted by Crippen LogP contribution is 2.22. The zero-order chi connectivity index (χ0) is 19.9. The minimum atomic E-state index is -0.0945. The number of piperazine rings is 1. The maximum Gasteiger partial charge on any atom is 0.238 e. The maximum atomic E-state index is 12.5. The quantitative estimate of drug-likeness (QED) is 0.730. The van der Waals surface area contributed by atoms with Crippen molar-refractivity contribution in [1.82, 2.24) is 9.80 Å². The molecule has 1 heterocycles. The van der Waals surface area contributed by atoms with E-state index in [4.69, 9.17) is 11.6 Å². The molecule has 0 saturated carbocycles. The number of nitrogens with zero attached hydrogens (tertiary/aromatic N) is 2. The number of carbonyl (C=O) groups is 2. The van der Waals surface area contributed by atoms with Gasteiger partial charge in [0.2, 0.25) is 11.8 Å². The number of rotatable bonds is 6. The number of para-hydroxylation sites is 1. The fourth-order valence-electron chi connectivity index (χ4n) is 3.06. The van der Waals surface area contributed by atoms with Gasteiger partial charge >= 0.3 is 0 Å². The lowest BCUT2D eigenvalue weighted by molar-refractivity contribution is -0.130. The molecule has 2 aromatic carbocycles. The monoisotopic (exact) mass is 417 g/mol. The lowest BCUT2D eigenvalue weighted by atomic mass is 10.2. The minimum absolute atomic E-state index is 0.0945. The van der Waals surface area contributed by atoms with Crippen molar-refractivity contribution < 1.29 is 9.59 Å². The number of hydrogen-bond donors (Lipinski definition) is 1. The Kier molecular flexibility index (Phi) is 7.36. The Morgan fingerprint density at radius 3 is 2.43 bits per heavy atom. The number of hydrogen-bond acceptors (Lipinski definition) is 4. The van der Waals surface area contributed by atoms with Crippen molar-refractivity contribution in [2.45, 2.75) is 11.8 Å². The second kappa shape index (κ2) is 9.96. The summed E-state index contributed by atoms with van der Waals surface area (Å²) < 4.78 is 0. The molecular formula is C21H24ClN3O2S. The highest BCUT2D eigenvalue weighted by molar-refractivity contribution is 8.00. The molecule has 28 heavy (non-hydrogen) atoms. The van der Waals surface area contributed by atoms with Gasteiger partial charge in [0.15, 0.2) is 0 Å². The lowest BCUT2D eigenvalue weighted by Crippen LogP contribution is -2.50. The summed E-state index contributed by atoms with van der Waals surface area (Å²) in [6.45, 7) is 5.02. The molecule has 5 nitrogen and oxygen atoms in total. The normalized spacial score (nSPS) is 14.7. The number of benzene rings is 2. The molecule has 1 aliphatic rings. The van der Waals surface area contributed by atoms with Crippen LogP contribution in [0.3, 0.4) is 0 Å². The van der Waals surface area contributed by atoms with Crippen LogP contribution in [0.25, 0.3) is 0 Å². The molecule has 1 aliphatic heterocycles. The first-order valence-electron chi connectivity index (χ1n) is 9.26. The van der Waals surface area contributed by atoms with E-state index in [1.54, 1.807) is 23.9 Å². The van der Waals surface area contributed by atoms with E-state index in [2.05, 4.69) is 23.2 Å². The van der Waals surface area contributed by atoms with Crippen LogP contribution in [0.1, 0.15) is 5.56 Å². The van der Waals surface area contributed by atoms with Crippen LogP contribution in [0.15, 0.2) is 53.4 Å². The van der Waals surface area contributed by atoms with E-state index in [0.717, 1.165) is 4.90 Å². The second-order valence-corrected chi connectivity index (χ2v) is 8.16. The summed E-state index contributed by atoms with van der Waals surface area (Å²) in [5.41, 5.74) is 1.81. The zero-order valence-electron chi connectivity index (χ0n) is 15.9. The van der Waals surface area contributed by atoms with Crippen molar-refractivity contribution in [1.29, 1.82) is 0 Å². The largest absolute Gasteiger partial charge is 0.339 e. The number of amides is 2. The minimum Gasteiger partial charge on any atom is -0.339 e.